The van der Waals surface area contributed by atoms with Crippen LogP contribution in [0.1, 0.15) is 45.9 Å². The van der Waals surface area contributed by atoms with E-state index in [0.717, 1.165) is 12.2 Å². The fourth-order valence-electron chi connectivity index (χ4n) is 0.779. The molecule has 1 aromatic rings. The molecule has 2 heteroatoms. The smallest absolute Gasteiger partial charge is 0.0622 e. The van der Waals surface area contributed by atoms with Crippen LogP contribution in [0.5, 0.6) is 0 Å². The van der Waals surface area contributed by atoms with Gasteiger partial charge in [-0.15, -0.1) is 0 Å². The van der Waals surface area contributed by atoms with Crippen molar-refractivity contribution in [1.82, 2.24) is 9.78 Å². The molecule has 0 amide bonds. The second kappa shape index (κ2) is 9.30. The average molecular weight is 184 g/mol. The average Bonchev–Trinajstić information content (AvgIpc) is 2.53. The van der Waals surface area contributed by atoms with Crippen LogP contribution < -0.4 is 0 Å². The molecular weight excluding hydrogens is 160 g/mol. The van der Waals surface area contributed by atoms with Gasteiger partial charge < -0.3 is 0 Å². The van der Waals surface area contributed by atoms with Crippen molar-refractivity contribution >= 4 is 0 Å². The molecule has 13 heavy (non-hydrogen) atoms. The van der Waals surface area contributed by atoms with Crippen LogP contribution >= 0.6 is 0 Å². The normalized spacial score (nSPS) is 7.92. The van der Waals surface area contributed by atoms with Gasteiger partial charge in [0.15, 0.2) is 0 Å². The Bertz CT molecular complexity index is 182. The fraction of sp³-hybridized carbons (Fsp3) is 0.727. The van der Waals surface area contributed by atoms with Crippen LogP contribution in [0.3, 0.4) is 0 Å². The van der Waals surface area contributed by atoms with Gasteiger partial charge in [0.05, 0.1) is 5.69 Å². The Kier molecular flexibility index (Phi) is 10.5. The summed E-state index contributed by atoms with van der Waals surface area (Å²) in [4.78, 5) is 0. The Balaban J connectivity index is 0. The van der Waals surface area contributed by atoms with E-state index in [1.54, 1.807) is 0 Å². The molecule has 1 rings (SSSR count). The summed E-state index contributed by atoms with van der Waals surface area (Å²) < 4.78 is 1.95. The quantitative estimate of drug-likeness (QED) is 0.652. The first-order valence-electron chi connectivity index (χ1n) is 5.24. The number of rotatable bonds is 1. The molecule has 0 aliphatic carbocycles. The molecular formula is C11H24N2. The number of aryl methyl sites for hydroxylation is 3. The molecule has 0 N–H and O–H groups in total. The van der Waals surface area contributed by atoms with Crippen LogP contribution in [0, 0.1) is 13.8 Å². The van der Waals surface area contributed by atoms with Gasteiger partial charge >= 0.3 is 0 Å². The van der Waals surface area contributed by atoms with Gasteiger partial charge in [-0.2, -0.15) is 5.10 Å². The Hall–Kier alpha value is -0.790. The molecule has 0 aliphatic rings. The van der Waals surface area contributed by atoms with Crippen LogP contribution in [-0.2, 0) is 6.54 Å². The van der Waals surface area contributed by atoms with Crippen molar-refractivity contribution < 1.29 is 0 Å². The standard InChI is InChI=1S/C7H12N2.2C2H6/c1-4-9-5-6(2)7(3)8-9;2*1-2/h5H,4H2,1-3H3;2*1-2H3. The Morgan fingerprint density at radius 2 is 1.62 bits per heavy atom. The molecule has 0 fully saturated rings. The van der Waals surface area contributed by atoms with E-state index in [1.807, 2.05) is 39.3 Å². The van der Waals surface area contributed by atoms with Gasteiger partial charge in [-0.3, -0.25) is 4.68 Å². The van der Waals surface area contributed by atoms with Gasteiger partial charge in [-0.25, -0.2) is 0 Å². The summed E-state index contributed by atoms with van der Waals surface area (Å²) in [5, 5.41) is 4.25. The van der Waals surface area contributed by atoms with E-state index >= 15 is 0 Å². The minimum atomic E-state index is 0.967. The summed E-state index contributed by atoms with van der Waals surface area (Å²) >= 11 is 0. The first-order chi connectivity index (χ1) is 6.24. The molecule has 78 valence electrons. The maximum Gasteiger partial charge on any atom is 0.0622 e. The largest absolute Gasteiger partial charge is 0.273 e. The molecule has 1 heterocycles. The highest BCUT2D eigenvalue weighted by atomic mass is 15.3. The molecule has 2 nitrogen and oxygen atoms in total. The van der Waals surface area contributed by atoms with Crippen LogP contribution in [-0.4, -0.2) is 9.78 Å². The Morgan fingerprint density at radius 3 is 1.77 bits per heavy atom. The second-order valence-electron chi connectivity index (χ2n) is 2.25. The summed E-state index contributed by atoms with van der Waals surface area (Å²) in [5.74, 6) is 0. The number of nitrogens with zero attached hydrogens (tertiary/aromatic N) is 2. The molecule has 0 spiro atoms. The third-order valence-corrected chi connectivity index (χ3v) is 1.52. The molecule has 0 radical (unpaired) electrons. The SMILES string of the molecule is CC.CC.CCn1cc(C)c(C)n1. The van der Waals surface area contributed by atoms with Gasteiger partial charge in [0, 0.05) is 12.7 Å². The molecule has 0 bridgehead atoms. The predicted molar refractivity (Wildman–Crippen MR) is 60.1 cm³/mol. The topological polar surface area (TPSA) is 17.8 Å². The summed E-state index contributed by atoms with van der Waals surface area (Å²) in [5.41, 5.74) is 2.41. The minimum absolute atomic E-state index is 0.967. The van der Waals surface area contributed by atoms with E-state index in [1.165, 1.54) is 5.56 Å². The Morgan fingerprint density at radius 1 is 1.15 bits per heavy atom. The van der Waals surface area contributed by atoms with Gasteiger partial charge in [0.25, 0.3) is 0 Å². The van der Waals surface area contributed by atoms with Crippen molar-refractivity contribution in [2.45, 2.75) is 55.0 Å². The van der Waals surface area contributed by atoms with Gasteiger partial charge in [-0.1, -0.05) is 27.7 Å². The molecule has 0 unspecified atom stereocenters. The highest BCUT2D eigenvalue weighted by Gasteiger charge is 1.95. The summed E-state index contributed by atoms with van der Waals surface area (Å²) in [7, 11) is 0. The van der Waals surface area contributed by atoms with E-state index in [-0.39, 0.29) is 0 Å². The minimum Gasteiger partial charge on any atom is -0.273 e. The summed E-state index contributed by atoms with van der Waals surface area (Å²) in [6.45, 7) is 15.2. The van der Waals surface area contributed by atoms with Crippen molar-refractivity contribution in [1.29, 1.82) is 0 Å². The van der Waals surface area contributed by atoms with Crippen LogP contribution in [0.2, 0.25) is 0 Å². The molecule has 0 saturated heterocycles. The summed E-state index contributed by atoms with van der Waals surface area (Å²) in [6, 6.07) is 0. The highest BCUT2D eigenvalue weighted by Crippen LogP contribution is 2.01. The second-order valence-corrected chi connectivity index (χ2v) is 2.25. The van der Waals surface area contributed by atoms with Crippen molar-refractivity contribution in [3.8, 4) is 0 Å². The van der Waals surface area contributed by atoms with Crippen LogP contribution in [0.4, 0.5) is 0 Å². The highest BCUT2D eigenvalue weighted by molar-refractivity contribution is 5.12. The van der Waals surface area contributed by atoms with Crippen molar-refractivity contribution in [3.63, 3.8) is 0 Å². The molecule has 0 saturated carbocycles. The van der Waals surface area contributed by atoms with Gasteiger partial charge in [0.1, 0.15) is 0 Å². The van der Waals surface area contributed by atoms with Crippen molar-refractivity contribution in [2.75, 3.05) is 0 Å². The van der Waals surface area contributed by atoms with E-state index in [0.29, 0.717) is 0 Å². The lowest BCUT2D eigenvalue weighted by molar-refractivity contribution is 0.653. The lowest BCUT2D eigenvalue weighted by Crippen LogP contribution is -1.93. The molecule has 0 aliphatic heterocycles. The summed E-state index contributed by atoms with van der Waals surface area (Å²) in [6.07, 6.45) is 2.06. The first kappa shape index (κ1) is 14.7. The van der Waals surface area contributed by atoms with Crippen molar-refractivity contribution in [2.24, 2.45) is 0 Å². The number of hydrogen-bond acceptors (Lipinski definition) is 1. The zero-order chi connectivity index (χ0) is 10.9. The van der Waals surface area contributed by atoms with E-state index < -0.39 is 0 Å². The first-order valence-corrected chi connectivity index (χ1v) is 5.24. The van der Waals surface area contributed by atoms with Crippen LogP contribution in [0.15, 0.2) is 6.20 Å². The fourth-order valence-corrected chi connectivity index (χ4v) is 0.779. The predicted octanol–water partition coefficient (Wildman–Crippen LogP) is 3.57. The molecule has 0 aromatic carbocycles. The molecule has 1 aromatic heterocycles. The number of aromatic nitrogens is 2. The van der Waals surface area contributed by atoms with Gasteiger partial charge in [0.2, 0.25) is 0 Å². The van der Waals surface area contributed by atoms with Crippen molar-refractivity contribution in [3.05, 3.63) is 17.5 Å². The maximum absolute atomic E-state index is 4.25. The van der Waals surface area contributed by atoms with E-state index in [2.05, 4.69) is 25.1 Å². The monoisotopic (exact) mass is 184 g/mol. The van der Waals surface area contributed by atoms with Crippen LogP contribution in [0.25, 0.3) is 0 Å². The third kappa shape index (κ3) is 5.45. The van der Waals surface area contributed by atoms with E-state index in [9.17, 15) is 0 Å². The van der Waals surface area contributed by atoms with E-state index in [4.69, 9.17) is 0 Å². The lowest BCUT2D eigenvalue weighted by atomic mass is 10.3. The molecule has 0 atom stereocenters. The maximum atomic E-state index is 4.25. The van der Waals surface area contributed by atoms with Gasteiger partial charge in [-0.05, 0) is 26.3 Å². The zero-order valence-corrected chi connectivity index (χ0v) is 10.2. The lowest BCUT2D eigenvalue weighted by Gasteiger charge is -1.89. The zero-order valence-electron chi connectivity index (χ0n) is 10.2. The third-order valence-electron chi connectivity index (χ3n) is 1.52. The number of hydrogen-bond donors (Lipinski definition) is 0. The Labute approximate surface area is 83.0 Å².